The van der Waals surface area contributed by atoms with Gasteiger partial charge >= 0.3 is 0 Å². The molecule has 0 saturated carbocycles. The highest BCUT2D eigenvalue weighted by molar-refractivity contribution is 5.94. The Hall–Kier alpha value is -1.99. The number of amides is 1. The molecule has 0 aromatic heterocycles. The number of nitrogens with two attached hydrogens (primary N) is 1. The van der Waals surface area contributed by atoms with E-state index in [9.17, 15) is 4.79 Å². The number of ether oxygens (including phenoxy) is 1. The summed E-state index contributed by atoms with van der Waals surface area (Å²) < 4.78 is 5.26. The van der Waals surface area contributed by atoms with Crippen molar-refractivity contribution in [3.05, 3.63) is 29.3 Å². The van der Waals surface area contributed by atoms with Crippen LogP contribution in [0.5, 0.6) is 5.75 Å². The second kappa shape index (κ2) is 9.04. The maximum Gasteiger partial charge on any atom is 0.253 e. The first-order chi connectivity index (χ1) is 10.2. The highest BCUT2D eigenvalue weighted by Gasteiger charge is 2.15. The average molecular weight is 288 g/mol. The normalized spacial score (nSPS) is 9.71. The molecule has 2 N–H and O–H groups in total. The third kappa shape index (κ3) is 4.80. The van der Waals surface area contributed by atoms with Crippen molar-refractivity contribution >= 4 is 5.91 Å². The van der Waals surface area contributed by atoms with Crippen LogP contribution in [0.25, 0.3) is 0 Å². The fourth-order valence-electron chi connectivity index (χ4n) is 2.02. The Morgan fingerprint density at radius 2 is 2.14 bits per heavy atom. The number of unbranched alkanes of at least 4 members (excludes halogenated alkanes) is 1. The molecule has 114 valence electrons. The van der Waals surface area contributed by atoms with Crippen LogP contribution in [0.3, 0.4) is 0 Å². The van der Waals surface area contributed by atoms with E-state index in [2.05, 4.69) is 18.8 Å². The highest BCUT2D eigenvalue weighted by atomic mass is 16.5. The lowest BCUT2D eigenvalue weighted by Crippen LogP contribution is -2.31. The Morgan fingerprint density at radius 3 is 2.71 bits per heavy atom. The van der Waals surface area contributed by atoms with Crippen molar-refractivity contribution in [2.45, 2.75) is 26.7 Å². The van der Waals surface area contributed by atoms with Gasteiger partial charge in [-0.05, 0) is 31.5 Å². The zero-order valence-corrected chi connectivity index (χ0v) is 13.1. The minimum absolute atomic E-state index is 0.0319. The largest absolute Gasteiger partial charge is 0.495 e. The van der Waals surface area contributed by atoms with Gasteiger partial charge in [-0.25, -0.2) is 0 Å². The molecule has 0 unspecified atom stereocenters. The van der Waals surface area contributed by atoms with Crippen LogP contribution in [-0.2, 0) is 0 Å². The number of benzene rings is 1. The predicted octanol–water partition coefficient (Wildman–Crippen LogP) is 2.27. The van der Waals surface area contributed by atoms with Gasteiger partial charge in [0.1, 0.15) is 5.75 Å². The fourth-order valence-corrected chi connectivity index (χ4v) is 2.02. The standard InChI is InChI=1S/C17H24N2O2/c1-4-6-12-19(5-2)17(20)15-9-10-16(21-3)14(13-15)8-7-11-18/h9-10,13H,4-6,11-12,18H2,1-3H3. The van der Waals surface area contributed by atoms with Crippen molar-refractivity contribution in [1.82, 2.24) is 4.90 Å². The van der Waals surface area contributed by atoms with Gasteiger partial charge in [-0.3, -0.25) is 4.79 Å². The second-order valence-corrected chi connectivity index (χ2v) is 4.66. The highest BCUT2D eigenvalue weighted by Crippen LogP contribution is 2.20. The van der Waals surface area contributed by atoms with E-state index in [0.29, 0.717) is 23.4 Å². The zero-order valence-electron chi connectivity index (χ0n) is 13.1. The van der Waals surface area contributed by atoms with E-state index in [1.807, 2.05) is 11.8 Å². The molecule has 0 aliphatic carbocycles. The Kier molecular flexibility index (Phi) is 7.34. The first kappa shape index (κ1) is 17.1. The summed E-state index contributed by atoms with van der Waals surface area (Å²) in [4.78, 5) is 14.4. The van der Waals surface area contributed by atoms with E-state index in [1.54, 1.807) is 25.3 Å². The number of hydrogen-bond acceptors (Lipinski definition) is 3. The van der Waals surface area contributed by atoms with Crippen molar-refractivity contribution in [2.24, 2.45) is 5.73 Å². The maximum absolute atomic E-state index is 12.5. The summed E-state index contributed by atoms with van der Waals surface area (Å²) in [6.07, 6.45) is 2.08. The molecule has 0 aliphatic heterocycles. The van der Waals surface area contributed by atoms with Crippen molar-refractivity contribution in [1.29, 1.82) is 0 Å². The number of hydrogen-bond donors (Lipinski definition) is 1. The molecule has 1 aromatic rings. The molecule has 0 atom stereocenters. The number of methoxy groups -OCH3 is 1. The van der Waals surface area contributed by atoms with Crippen LogP contribution in [0.4, 0.5) is 0 Å². The molecule has 0 heterocycles. The lowest BCUT2D eigenvalue weighted by atomic mass is 10.1. The second-order valence-electron chi connectivity index (χ2n) is 4.66. The minimum atomic E-state index is 0.0319. The Labute approximate surface area is 127 Å². The number of carbonyl (C=O) groups is 1. The van der Waals surface area contributed by atoms with Gasteiger partial charge in [-0.15, -0.1) is 0 Å². The molecule has 0 bridgehead atoms. The van der Waals surface area contributed by atoms with Gasteiger partial charge in [0.25, 0.3) is 5.91 Å². The molecule has 0 saturated heterocycles. The van der Waals surface area contributed by atoms with Gasteiger partial charge in [-0.1, -0.05) is 25.2 Å². The van der Waals surface area contributed by atoms with Crippen LogP contribution in [0.1, 0.15) is 42.6 Å². The van der Waals surface area contributed by atoms with Crippen molar-refractivity contribution in [3.63, 3.8) is 0 Å². The first-order valence-electron chi connectivity index (χ1n) is 7.34. The molecular formula is C17H24N2O2. The monoisotopic (exact) mass is 288 g/mol. The van der Waals surface area contributed by atoms with E-state index >= 15 is 0 Å². The maximum atomic E-state index is 12.5. The average Bonchev–Trinajstić information content (AvgIpc) is 2.53. The number of rotatable bonds is 6. The summed E-state index contributed by atoms with van der Waals surface area (Å²) in [5.74, 6) is 6.43. The van der Waals surface area contributed by atoms with Crippen molar-refractivity contribution in [2.75, 3.05) is 26.7 Å². The van der Waals surface area contributed by atoms with E-state index in [4.69, 9.17) is 10.5 Å². The van der Waals surface area contributed by atoms with E-state index in [0.717, 1.165) is 19.4 Å². The van der Waals surface area contributed by atoms with Crippen LogP contribution in [-0.4, -0.2) is 37.6 Å². The van der Waals surface area contributed by atoms with Crippen LogP contribution in [0.15, 0.2) is 18.2 Å². The predicted molar refractivity (Wildman–Crippen MR) is 85.4 cm³/mol. The summed E-state index contributed by atoms with van der Waals surface area (Å²) in [5.41, 5.74) is 6.73. The van der Waals surface area contributed by atoms with Crippen LogP contribution < -0.4 is 10.5 Å². The number of nitrogens with zero attached hydrogens (tertiary/aromatic N) is 1. The molecule has 0 fully saturated rings. The molecule has 1 aromatic carbocycles. The number of carbonyl (C=O) groups excluding carboxylic acids is 1. The summed E-state index contributed by atoms with van der Waals surface area (Å²) in [6.45, 7) is 5.87. The van der Waals surface area contributed by atoms with Crippen molar-refractivity contribution in [3.8, 4) is 17.6 Å². The molecule has 0 aliphatic rings. The molecular weight excluding hydrogens is 264 g/mol. The first-order valence-corrected chi connectivity index (χ1v) is 7.34. The smallest absolute Gasteiger partial charge is 0.253 e. The fraction of sp³-hybridized carbons (Fsp3) is 0.471. The van der Waals surface area contributed by atoms with Gasteiger partial charge in [0.2, 0.25) is 0 Å². The van der Waals surface area contributed by atoms with Gasteiger partial charge in [0.05, 0.1) is 19.2 Å². The van der Waals surface area contributed by atoms with Gasteiger partial charge < -0.3 is 15.4 Å². The molecule has 21 heavy (non-hydrogen) atoms. The lowest BCUT2D eigenvalue weighted by molar-refractivity contribution is 0.0762. The van der Waals surface area contributed by atoms with Gasteiger partial charge in [-0.2, -0.15) is 0 Å². The SMILES string of the molecule is CCCCN(CC)C(=O)c1ccc(OC)c(C#CCN)c1. The molecule has 0 spiro atoms. The van der Waals surface area contributed by atoms with E-state index in [1.165, 1.54) is 0 Å². The van der Waals surface area contributed by atoms with E-state index < -0.39 is 0 Å². The lowest BCUT2D eigenvalue weighted by Gasteiger charge is -2.21. The molecule has 1 rings (SSSR count). The Bertz CT molecular complexity index is 529. The molecule has 4 heteroatoms. The quantitative estimate of drug-likeness (QED) is 0.817. The summed E-state index contributed by atoms with van der Waals surface area (Å²) in [5, 5.41) is 0. The Balaban J connectivity index is 3.03. The summed E-state index contributed by atoms with van der Waals surface area (Å²) in [7, 11) is 1.59. The summed E-state index contributed by atoms with van der Waals surface area (Å²) >= 11 is 0. The molecule has 0 radical (unpaired) electrons. The van der Waals surface area contributed by atoms with E-state index in [-0.39, 0.29) is 12.5 Å². The van der Waals surface area contributed by atoms with Crippen LogP contribution in [0.2, 0.25) is 0 Å². The Morgan fingerprint density at radius 1 is 1.38 bits per heavy atom. The summed E-state index contributed by atoms with van der Waals surface area (Å²) in [6, 6.07) is 5.34. The zero-order chi connectivity index (χ0) is 15.7. The van der Waals surface area contributed by atoms with Gasteiger partial charge in [0.15, 0.2) is 0 Å². The minimum Gasteiger partial charge on any atom is -0.495 e. The van der Waals surface area contributed by atoms with Gasteiger partial charge in [0, 0.05) is 18.7 Å². The van der Waals surface area contributed by atoms with Crippen molar-refractivity contribution < 1.29 is 9.53 Å². The third-order valence-electron chi connectivity index (χ3n) is 3.22. The van der Waals surface area contributed by atoms with Crippen LogP contribution in [0, 0.1) is 11.8 Å². The molecule has 4 nitrogen and oxygen atoms in total. The van der Waals surface area contributed by atoms with Crippen LogP contribution >= 0.6 is 0 Å². The molecule has 1 amide bonds. The third-order valence-corrected chi connectivity index (χ3v) is 3.22. The topological polar surface area (TPSA) is 55.6 Å².